The van der Waals surface area contributed by atoms with Crippen LogP contribution in [0.4, 0.5) is 5.69 Å². The smallest absolute Gasteiger partial charge is 0.178 e. The minimum atomic E-state index is 0.0231. The number of aromatic nitrogens is 1. The molecule has 1 aromatic rings. The summed E-state index contributed by atoms with van der Waals surface area (Å²) in [7, 11) is 0. The van der Waals surface area contributed by atoms with Gasteiger partial charge < -0.3 is 4.90 Å². The SMILES string of the molecule is CC(=O)c1ccc(N2CC(C)CC(C)C2C)cn1. The van der Waals surface area contributed by atoms with Crippen LogP contribution >= 0.6 is 0 Å². The van der Waals surface area contributed by atoms with E-state index in [2.05, 4.69) is 30.7 Å². The summed E-state index contributed by atoms with van der Waals surface area (Å²) in [6.07, 6.45) is 3.12. The summed E-state index contributed by atoms with van der Waals surface area (Å²) in [6.45, 7) is 9.51. The van der Waals surface area contributed by atoms with E-state index in [0.29, 0.717) is 23.6 Å². The van der Waals surface area contributed by atoms with E-state index in [4.69, 9.17) is 0 Å². The zero-order valence-corrected chi connectivity index (χ0v) is 11.7. The molecule has 0 bridgehead atoms. The Hall–Kier alpha value is -1.38. The first-order chi connectivity index (χ1) is 8.49. The molecule has 1 aromatic heterocycles. The van der Waals surface area contributed by atoms with Crippen molar-refractivity contribution < 1.29 is 4.79 Å². The highest BCUT2D eigenvalue weighted by atomic mass is 16.1. The number of anilines is 1. The van der Waals surface area contributed by atoms with Gasteiger partial charge in [0.05, 0.1) is 11.9 Å². The van der Waals surface area contributed by atoms with Gasteiger partial charge in [-0.05, 0) is 37.3 Å². The van der Waals surface area contributed by atoms with Crippen molar-refractivity contribution in [1.29, 1.82) is 0 Å². The summed E-state index contributed by atoms with van der Waals surface area (Å²) in [5.74, 6) is 1.43. The Morgan fingerprint density at radius 3 is 2.61 bits per heavy atom. The molecule has 18 heavy (non-hydrogen) atoms. The van der Waals surface area contributed by atoms with E-state index in [1.54, 1.807) is 6.92 Å². The van der Waals surface area contributed by atoms with E-state index >= 15 is 0 Å². The van der Waals surface area contributed by atoms with Gasteiger partial charge in [-0.3, -0.25) is 9.78 Å². The molecule has 0 aliphatic carbocycles. The lowest BCUT2D eigenvalue weighted by atomic mass is 9.86. The van der Waals surface area contributed by atoms with E-state index in [0.717, 1.165) is 12.2 Å². The van der Waals surface area contributed by atoms with Gasteiger partial charge in [-0.25, -0.2) is 0 Å². The average Bonchev–Trinajstić information content (AvgIpc) is 2.34. The standard InChI is InChI=1S/C15H22N2O/c1-10-7-11(2)12(3)17(9-10)14-5-6-15(13(4)18)16-8-14/h5-6,8,10-12H,7,9H2,1-4H3. The molecule has 1 aliphatic rings. The molecule has 1 saturated heterocycles. The molecule has 3 heteroatoms. The van der Waals surface area contributed by atoms with Crippen LogP contribution in [0.25, 0.3) is 0 Å². The molecule has 0 saturated carbocycles. The maximum absolute atomic E-state index is 11.2. The van der Waals surface area contributed by atoms with Crippen molar-refractivity contribution in [1.82, 2.24) is 4.98 Å². The lowest BCUT2D eigenvalue weighted by Gasteiger charge is -2.42. The van der Waals surface area contributed by atoms with Gasteiger partial charge in [0.2, 0.25) is 0 Å². The third-order valence-electron chi connectivity index (χ3n) is 4.04. The zero-order chi connectivity index (χ0) is 13.3. The molecule has 0 amide bonds. The molecule has 3 nitrogen and oxygen atoms in total. The summed E-state index contributed by atoms with van der Waals surface area (Å²) in [5.41, 5.74) is 1.68. The number of nitrogens with zero attached hydrogens (tertiary/aromatic N) is 2. The van der Waals surface area contributed by atoms with Crippen LogP contribution in [0, 0.1) is 11.8 Å². The summed E-state index contributed by atoms with van der Waals surface area (Å²) in [6, 6.07) is 4.38. The Kier molecular flexibility index (Phi) is 3.69. The Morgan fingerprint density at radius 2 is 2.06 bits per heavy atom. The van der Waals surface area contributed by atoms with Crippen molar-refractivity contribution in [2.45, 2.75) is 40.2 Å². The number of carbonyl (C=O) groups excluding carboxylic acids is 1. The monoisotopic (exact) mass is 246 g/mol. The summed E-state index contributed by atoms with van der Waals surface area (Å²) in [4.78, 5) is 17.9. The fourth-order valence-electron chi connectivity index (χ4n) is 2.82. The number of hydrogen-bond acceptors (Lipinski definition) is 3. The van der Waals surface area contributed by atoms with Crippen LogP contribution in [-0.4, -0.2) is 23.4 Å². The quantitative estimate of drug-likeness (QED) is 0.752. The average molecular weight is 246 g/mol. The van der Waals surface area contributed by atoms with Crippen LogP contribution in [-0.2, 0) is 0 Å². The summed E-state index contributed by atoms with van der Waals surface area (Å²) in [5, 5.41) is 0. The van der Waals surface area contributed by atoms with Crippen molar-refractivity contribution in [2.24, 2.45) is 11.8 Å². The maximum atomic E-state index is 11.2. The molecule has 3 atom stereocenters. The first kappa shape index (κ1) is 13.1. The number of hydrogen-bond donors (Lipinski definition) is 0. The fourth-order valence-corrected chi connectivity index (χ4v) is 2.82. The molecule has 98 valence electrons. The number of piperidine rings is 1. The van der Waals surface area contributed by atoms with Crippen molar-refractivity contribution >= 4 is 11.5 Å². The fraction of sp³-hybridized carbons (Fsp3) is 0.600. The zero-order valence-electron chi connectivity index (χ0n) is 11.7. The maximum Gasteiger partial charge on any atom is 0.178 e. The van der Waals surface area contributed by atoms with Crippen molar-refractivity contribution in [3.8, 4) is 0 Å². The molecule has 1 fully saturated rings. The Labute approximate surface area is 109 Å². The van der Waals surface area contributed by atoms with E-state index in [9.17, 15) is 4.79 Å². The van der Waals surface area contributed by atoms with Gasteiger partial charge in [-0.1, -0.05) is 13.8 Å². The molecular weight excluding hydrogens is 224 g/mol. The molecule has 1 aliphatic heterocycles. The van der Waals surface area contributed by atoms with E-state index in [-0.39, 0.29) is 5.78 Å². The van der Waals surface area contributed by atoms with Crippen LogP contribution in [0.15, 0.2) is 18.3 Å². The van der Waals surface area contributed by atoms with E-state index in [1.807, 2.05) is 18.3 Å². The molecule has 0 N–H and O–H groups in total. The molecule has 0 radical (unpaired) electrons. The molecule has 0 aromatic carbocycles. The highest BCUT2D eigenvalue weighted by molar-refractivity contribution is 5.92. The topological polar surface area (TPSA) is 33.2 Å². The van der Waals surface area contributed by atoms with E-state index < -0.39 is 0 Å². The normalized spacial score (nSPS) is 28.2. The molecule has 0 spiro atoms. The molecule has 2 rings (SSSR count). The molecular formula is C15H22N2O. The number of carbonyl (C=O) groups is 1. The minimum Gasteiger partial charge on any atom is -0.367 e. The second kappa shape index (κ2) is 5.09. The number of rotatable bonds is 2. The first-order valence-corrected chi connectivity index (χ1v) is 6.72. The number of Topliss-reactive ketones (excluding diaryl/α,β-unsaturated/α-hetero) is 1. The Morgan fingerprint density at radius 1 is 1.33 bits per heavy atom. The largest absolute Gasteiger partial charge is 0.367 e. The predicted molar refractivity (Wildman–Crippen MR) is 74.0 cm³/mol. The second-order valence-electron chi connectivity index (χ2n) is 5.67. The van der Waals surface area contributed by atoms with Gasteiger partial charge >= 0.3 is 0 Å². The van der Waals surface area contributed by atoms with Gasteiger partial charge in [-0.15, -0.1) is 0 Å². The van der Waals surface area contributed by atoms with Crippen LogP contribution in [0.1, 0.15) is 44.6 Å². The van der Waals surface area contributed by atoms with Gasteiger partial charge in [0.25, 0.3) is 0 Å². The van der Waals surface area contributed by atoms with Gasteiger partial charge in [0.1, 0.15) is 5.69 Å². The Bertz CT molecular complexity index is 427. The number of ketones is 1. The second-order valence-corrected chi connectivity index (χ2v) is 5.67. The van der Waals surface area contributed by atoms with Crippen LogP contribution in [0.3, 0.4) is 0 Å². The summed E-state index contributed by atoms with van der Waals surface area (Å²) < 4.78 is 0. The summed E-state index contributed by atoms with van der Waals surface area (Å²) >= 11 is 0. The Balaban J connectivity index is 2.21. The van der Waals surface area contributed by atoms with Gasteiger partial charge in [0, 0.05) is 19.5 Å². The predicted octanol–water partition coefficient (Wildman–Crippen LogP) is 3.16. The van der Waals surface area contributed by atoms with E-state index in [1.165, 1.54) is 6.42 Å². The lowest BCUT2D eigenvalue weighted by Crippen LogP contribution is -2.45. The molecule has 2 heterocycles. The third-order valence-corrected chi connectivity index (χ3v) is 4.04. The van der Waals surface area contributed by atoms with Crippen molar-refractivity contribution in [2.75, 3.05) is 11.4 Å². The van der Waals surface area contributed by atoms with Crippen molar-refractivity contribution in [3.05, 3.63) is 24.0 Å². The van der Waals surface area contributed by atoms with Crippen LogP contribution in [0.5, 0.6) is 0 Å². The van der Waals surface area contributed by atoms with Gasteiger partial charge in [-0.2, -0.15) is 0 Å². The van der Waals surface area contributed by atoms with Crippen LogP contribution in [0.2, 0.25) is 0 Å². The van der Waals surface area contributed by atoms with Gasteiger partial charge in [0.15, 0.2) is 5.78 Å². The minimum absolute atomic E-state index is 0.0231. The highest BCUT2D eigenvalue weighted by Crippen LogP contribution is 2.30. The number of pyridine rings is 1. The third kappa shape index (κ3) is 2.55. The molecule has 3 unspecified atom stereocenters. The first-order valence-electron chi connectivity index (χ1n) is 6.72. The lowest BCUT2D eigenvalue weighted by molar-refractivity contribution is 0.101. The highest BCUT2D eigenvalue weighted by Gasteiger charge is 2.28. The van der Waals surface area contributed by atoms with Crippen LogP contribution < -0.4 is 4.90 Å². The van der Waals surface area contributed by atoms with Crippen molar-refractivity contribution in [3.63, 3.8) is 0 Å².